The smallest absolute Gasteiger partial charge is 0.399 e. The molecule has 5 rings (SSSR count). The quantitative estimate of drug-likeness (QED) is 0.362. The predicted molar refractivity (Wildman–Crippen MR) is 112 cm³/mol. The minimum atomic E-state index is -0.409. The van der Waals surface area contributed by atoms with Gasteiger partial charge >= 0.3 is 7.12 Å². The molecule has 1 fully saturated rings. The molecule has 1 aromatic heterocycles. The van der Waals surface area contributed by atoms with Gasteiger partial charge in [0.05, 0.1) is 16.7 Å². The minimum Gasteiger partial charge on any atom is -0.399 e. The fourth-order valence-electron chi connectivity index (χ4n) is 3.95. The molecule has 0 spiro atoms. The third kappa shape index (κ3) is 2.40. The maximum Gasteiger partial charge on any atom is 0.495 e. The molecule has 0 amide bonds. The molecule has 134 valence electrons. The molecule has 0 saturated carbocycles. The third-order valence-corrected chi connectivity index (χ3v) is 6.14. The second-order valence-corrected chi connectivity index (χ2v) is 8.33. The molecule has 0 radical (unpaired) electrons. The van der Waals surface area contributed by atoms with E-state index in [2.05, 4.69) is 81.2 Å². The highest BCUT2D eigenvalue weighted by Crippen LogP contribution is 2.38. The molecule has 1 aliphatic rings. The van der Waals surface area contributed by atoms with Crippen LogP contribution in [0.2, 0.25) is 0 Å². The number of benzene rings is 3. The zero-order chi connectivity index (χ0) is 18.8. The van der Waals surface area contributed by atoms with Crippen molar-refractivity contribution in [2.75, 3.05) is 0 Å². The van der Waals surface area contributed by atoms with Gasteiger partial charge in [-0.25, -0.2) is 0 Å². The summed E-state index contributed by atoms with van der Waals surface area (Å²) in [6.07, 6.45) is 1.84. The normalized spacial score (nSPS) is 18.6. The van der Waals surface area contributed by atoms with E-state index in [4.69, 9.17) is 9.31 Å². The van der Waals surface area contributed by atoms with Crippen molar-refractivity contribution in [1.29, 1.82) is 0 Å². The molecule has 1 saturated heterocycles. The molecule has 0 bridgehead atoms. The Kier molecular flexibility index (Phi) is 3.43. The fraction of sp³-hybridized carbons (Fsp3) is 0.261. The molecular weight excluding hydrogens is 333 g/mol. The Morgan fingerprint density at radius 2 is 1.48 bits per heavy atom. The van der Waals surface area contributed by atoms with Crippen LogP contribution in [0.1, 0.15) is 27.7 Å². The Bertz CT molecular complexity index is 1180. The lowest BCUT2D eigenvalue weighted by molar-refractivity contribution is 0.00578. The number of hydrogen-bond donors (Lipinski definition) is 0. The Morgan fingerprint density at radius 1 is 0.778 bits per heavy atom. The maximum absolute atomic E-state index is 6.41. The Balaban J connectivity index is 1.89. The first-order valence-electron chi connectivity index (χ1n) is 9.42. The SMILES string of the molecule is CC1(C)OB(c2cc3ccccc3c3ccc4ncccc4c23)OC1(C)C. The summed E-state index contributed by atoms with van der Waals surface area (Å²) in [5, 5.41) is 5.93. The second kappa shape index (κ2) is 5.54. The molecule has 0 atom stereocenters. The number of pyridine rings is 1. The van der Waals surface area contributed by atoms with Crippen molar-refractivity contribution >= 4 is 45.0 Å². The van der Waals surface area contributed by atoms with Gasteiger partial charge in [0, 0.05) is 11.6 Å². The summed E-state index contributed by atoms with van der Waals surface area (Å²) in [6, 6.07) is 19.1. The van der Waals surface area contributed by atoms with Crippen LogP contribution in [-0.4, -0.2) is 23.3 Å². The van der Waals surface area contributed by atoms with Crippen molar-refractivity contribution in [2.24, 2.45) is 0 Å². The third-order valence-electron chi connectivity index (χ3n) is 6.14. The first-order valence-corrected chi connectivity index (χ1v) is 9.42. The average Bonchev–Trinajstić information content (AvgIpc) is 2.88. The molecule has 2 heterocycles. The van der Waals surface area contributed by atoms with E-state index in [1.54, 1.807) is 0 Å². The number of nitrogens with zero attached hydrogens (tertiary/aromatic N) is 1. The van der Waals surface area contributed by atoms with Crippen molar-refractivity contribution < 1.29 is 9.31 Å². The van der Waals surface area contributed by atoms with Crippen molar-refractivity contribution in [3.05, 3.63) is 60.8 Å². The van der Waals surface area contributed by atoms with E-state index in [-0.39, 0.29) is 11.2 Å². The molecule has 1 aliphatic heterocycles. The van der Waals surface area contributed by atoms with Gasteiger partial charge in [-0.05, 0) is 66.8 Å². The van der Waals surface area contributed by atoms with Crippen molar-refractivity contribution in [1.82, 2.24) is 4.98 Å². The van der Waals surface area contributed by atoms with Crippen LogP contribution in [-0.2, 0) is 9.31 Å². The average molecular weight is 355 g/mol. The summed E-state index contributed by atoms with van der Waals surface area (Å²) in [7, 11) is -0.409. The number of rotatable bonds is 1. The molecule has 3 nitrogen and oxygen atoms in total. The van der Waals surface area contributed by atoms with E-state index in [1.165, 1.54) is 16.2 Å². The van der Waals surface area contributed by atoms with Gasteiger partial charge in [0.25, 0.3) is 0 Å². The number of fused-ring (bicyclic) bond motifs is 5. The van der Waals surface area contributed by atoms with Crippen LogP contribution in [0.5, 0.6) is 0 Å². The van der Waals surface area contributed by atoms with E-state index < -0.39 is 7.12 Å². The van der Waals surface area contributed by atoms with E-state index in [0.717, 1.165) is 21.8 Å². The second-order valence-electron chi connectivity index (χ2n) is 8.33. The van der Waals surface area contributed by atoms with Crippen LogP contribution in [0.15, 0.2) is 60.8 Å². The van der Waals surface area contributed by atoms with Gasteiger partial charge in [0.2, 0.25) is 0 Å². The van der Waals surface area contributed by atoms with Gasteiger partial charge in [-0.3, -0.25) is 4.98 Å². The molecule has 0 aliphatic carbocycles. The Labute approximate surface area is 159 Å². The molecule has 0 N–H and O–H groups in total. The highest BCUT2D eigenvalue weighted by atomic mass is 16.7. The standard InChI is InChI=1S/C23H22BNO2/c1-22(2)23(3,4)27-24(26-22)19-14-15-8-5-6-9-16(15)17-11-12-20-18(21(17)19)10-7-13-25-20/h5-14H,1-4H3. The lowest BCUT2D eigenvalue weighted by Gasteiger charge is -2.32. The van der Waals surface area contributed by atoms with Crippen LogP contribution < -0.4 is 5.46 Å². The lowest BCUT2D eigenvalue weighted by Crippen LogP contribution is -2.41. The van der Waals surface area contributed by atoms with Gasteiger partial charge in [-0.1, -0.05) is 42.5 Å². The summed E-state index contributed by atoms with van der Waals surface area (Å²) >= 11 is 0. The molecule has 4 heteroatoms. The molecule has 4 aromatic rings. The molecule has 3 aromatic carbocycles. The number of hydrogen-bond acceptors (Lipinski definition) is 3. The highest BCUT2D eigenvalue weighted by Gasteiger charge is 2.52. The van der Waals surface area contributed by atoms with Crippen molar-refractivity contribution in [2.45, 2.75) is 38.9 Å². The van der Waals surface area contributed by atoms with E-state index in [0.29, 0.717) is 0 Å². The summed E-state index contributed by atoms with van der Waals surface area (Å²) < 4.78 is 12.8. The maximum atomic E-state index is 6.41. The van der Waals surface area contributed by atoms with Crippen molar-refractivity contribution in [3.63, 3.8) is 0 Å². The van der Waals surface area contributed by atoms with Crippen LogP contribution in [0.25, 0.3) is 32.4 Å². The van der Waals surface area contributed by atoms with Gasteiger partial charge < -0.3 is 9.31 Å². The van der Waals surface area contributed by atoms with Gasteiger partial charge in [0.15, 0.2) is 0 Å². The topological polar surface area (TPSA) is 31.4 Å². The summed E-state index contributed by atoms with van der Waals surface area (Å²) in [5.74, 6) is 0. The summed E-state index contributed by atoms with van der Waals surface area (Å²) in [4.78, 5) is 4.55. The van der Waals surface area contributed by atoms with E-state index in [9.17, 15) is 0 Å². The lowest BCUT2D eigenvalue weighted by atomic mass is 9.74. The van der Waals surface area contributed by atoms with Gasteiger partial charge in [-0.15, -0.1) is 0 Å². The fourth-order valence-corrected chi connectivity index (χ4v) is 3.95. The van der Waals surface area contributed by atoms with Crippen LogP contribution >= 0.6 is 0 Å². The summed E-state index contributed by atoms with van der Waals surface area (Å²) in [5.41, 5.74) is 1.30. The van der Waals surface area contributed by atoms with Gasteiger partial charge in [-0.2, -0.15) is 0 Å². The summed E-state index contributed by atoms with van der Waals surface area (Å²) in [6.45, 7) is 8.37. The minimum absolute atomic E-state index is 0.377. The van der Waals surface area contributed by atoms with Crippen LogP contribution in [0, 0.1) is 0 Å². The first-order chi connectivity index (χ1) is 12.9. The number of aromatic nitrogens is 1. The van der Waals surface area contributed by atoms with Gasteiger partial charge in [0.1, 0.15) is 0 Å². The molecule has 27 heavy (non-hydrogen) atoms. The first kappa shape index (κ1) is 16.7. The zero-order valence-electron chi connectivity index (χ0n) is 16.1. The van der Waals surface area contributed by atoms with E-state index in [1.807, 2.05) is 12.3 Å². The monoisotopic (exact) mass is 355 g/mol. The van der Waals surface area contributed by atoms with Crippen LogP contribution in [0.3, 0.4) is 0 Å². The predicted octanol–water partition coefficient (Wildman–Crippen LogP) is 4.84. The molecular formula is C23H22BNO2. The Morgan fingerprint density at radius 3 is 2.26 bits per heavy atom. The largest absolute Gasteiger partial charge is 0.495 e. The highest BCUT2D eigenvalue weighted by molar-refractivity contribution is 6.66. The van der Waals surface area contributed by atoms with Crippen LogP contribution in [0.4, 0.5) is 0 Å². The van der Waals surface area contributed by atoms with Crippen molar-refractivity contribution in [3.8, 4) is 0 Å². The molecule has 0 unspecified atom stereocenters. The Hall–Kier alpha value is -2.43. The zero-order valence-corrected chi connectivity index (χ0v) is 16.1. The van der Waals surface area contributed by atoms with E-state index >= 15 is 0 Å².